The molecule has 0 aromatic carbocycles. The van der Waals surface area contributed by atoms with Gasteiger partial charge < -0.3 is 9.85 Å². The molecule has 0 radical (unpaired) electrons. The van der Waals surface area contributed by atoms with Gasteiger partial charge in [0.05, 0.1) is 9.35 Å². The van der Waals surface area contributed by atoms with E-state index in [-0.39, 0.29) is 6.61 Å². The predicted molar refractivity (Wildman–Crippen MR) is 28.9 cm³/mol. The summed E-state index contributed by atoms with van der Waals surface area (Å²) in [6.07, 6.45) is -2.89. The zero-order chi connectivity index (χ0) is 9.78. The van der Waals surface area contributed by atoms with Gasteiger partial charge in [0, 0.05) is 0 Å². The van der Waals surface area contributed by atoms with Crippen molar-refractivity contribution < 1.29 is 22.2 Å². The van der Waals surface area contributed by atoms with Crippen molar-refractivity contribution in [3.63, 3.8) is 0 Å². The highest BCUT2D eigenvalue weighted by Gasteiger charge is 2.06. The number of ether oxygens (including phenoxy) is 1. The molecular weight excluding hydrogens is 124 g/mol. The Morgan fingerprint density at radius 2 is 2.56 bits per heavy atom. The Labute approximate surface area is 56.7 Å². The van der Waals surface area contributed by atoms with E-state index in [1.165, 1.54) is 6.92 Å². The van der Waals surface area contributed by atoms with Gasteiger partial charge in [-0.25, -0.2) is 0 Å². The fraction of sp³-hybridized carbons (Fsp3) is 0.600. The molecular formula is C5H8O4. The van der Waals surface area contributed by atoms with E-state index in [0.29, 0.717) is 0 Å². The third-order valence-electron chi connectivity index (χ3n) is 0.480. The van der Waals surface area contributed by atoms with Crippen molar-refractivity contribution in [2.24, 2.45) is 0 Å². The van der Waals surface area contributed by atoms with Crippen LogP contribution in [0.2, 0.25) is 0 Å². The van der Waals surface area contributed by atoms with Crippen LogP contribution >= 0.6 is 0 Å². The molecule has 0 atom stereocenters. The van der Waals surface area contributed by atoms with Gasteiger partial charge in [-0.1, -0.05) is 0 Å². The molecule has 0 bridgehead atoms. The van der Waals surface area contributed by atoms with Crippen molar-refractivity contribution >= 4 is 11.9 Å². The van der Waals surface area contributed by atoms with E-state index in [4.69, 9.17) is 4.17 Å². The normalized spacial score (nSPS) is 14.6. The van der Waals surface area contributed by atoms with Crippen LogP contribution in [-0.4, -0.2) is 23.7 Å². The molecule has 0 fully saturated rings. The van der Waals surface area contributed by atoms with Crippen molar-refractivity contribution in [2.75, 3.05) is 6.61 Å². The molecule has 1 N–H and O–H groups in total. The van der Waals surface area contributed by atoms with Gasteiger partial charge >= 0.3 is 11.9 Å². The molecule has 0 aliphatic rings. The minimum Gasteiger partial charge on any atom is -0.481 e. The fourth-order valence-electron chi connectivity index (χ4n) is 0.251. The molecule has 52 valence electrons. The first kappa shape index (κ1) is 3.87. The van der Waals surface area contributed by atoms with Crippen LogP contribution in [0.4, 0.5) is 0 Å². The third-order valence-corrected chi connectivity index (χ3v) is 0.480. The van der Waals surface area contributed by atoms with E-state index in [0.717, 1.165) is 0 Å². The Morgan fingerprint density at radius 3 is 3.00 bits per heavy atom. The SMILES string of the molecule is [2H]OC(=O)C([2H])([2H])C(=O)OCC. The van der Waals surface area contributed by atoms with Crippen molar-refractivity contribution in [2.45, 2.75) is 13.3 Å². The van der Waals surface area contributed by atoms with Crippen LogP contribution < -0.4 is 0 Å². The summed E-state index contributed by atoms with van der Waals surface area (Å²) in [6, 6.07) is 0. The summed E-state index contributed by atoms with van der Waals surface area (Å²) < 4.78 is 24.0. The first-order valence-electron chi connectivity index (χ1n) is 3.72. The zero-order valence-electron chi connectivity index (χ0n) is 7.84. The summed E-state index contributed by atoms with van der Waals surface area (Å²) in [5.41, 5.74) is 0. The van der Waals surface area contributed by atoms with Crippen molar-refractivity contribution in [1.29, 1.82) is 1.43 Å². The molecule has 4 nitrogen and oxygen atoms in total. The molecule has 0 aromatic rings. The maximum absolute atomic E-state index is 10.7. The first-order valence-corrected chi connectivity index (χ1v) is 2.31. The lowest BCUT2D eigenvalue weighted by Crippen LogP contribution is -2.09. The Hall–Kier alpha value is -1.06. The molecule has 0 unspecified atom stereocenters. The highest BCUT2D eigenvalue weighted by molar-refractivity contribution is 5.90. The molecule has 0 aromatic heterocycles. The molecule has 0 amide bonds. The van der Waals surface area contributed by atoms with Gasteiger partial charge in [-0.15, -0.1) is 0 Å². The lowest BCUT2D eigenvalue weighted by molar-refractivity contribution is -0.150. The number of hydrogen-bond donors (Lipinski definition) is 1. The van der Waals surface area contributed by atoms with Gasteiger partial charge in [-0.2, -0.15) is 0 Å². The average molecular weight is 135 g/mol. The van der Waals surface area contributed by atoms with Gasteiger partial charge in [0.15, 0.2) is 0 Å². The van der Waals surface area contributed by atoms with Crippen LogP contribution in [0, 0.1) is 0 Å². The number of carboxylic acids is 1. The highest BCUT2D eigenvalue weighted by Crippen LogP contribution is 1.84. The van der Waals surface area contributed by atoms with E-state index < -0.39 is 18.3 Å². The summed E-state index contributed by atoms with van der Waals surface area (Å²) in [5, 5.41) is 3.32. The second-order valence-electron chi connectivity index (χ2n) is 1.13. The number of esters is 1. The quantitative estimate of drug-likeness (QED) is 0.438. The van der Waals surface area contributed by atoms with Gasteiger partial charge in [-0.05, 0) is 6.92 Å². The second kappa shape index (κ2) is 3.88. The third kappa shape index (κ3) is 4.80. The average Bonchev–Trinajstić information content (AvgIpc) is 2.03. The predicted octanol–water partition coefficient (Wildman–Crippen LogP) is 0.0242. The largest absolute Gasteiger partial charge is 0.481 e. The lowest BCUT2D eigenvalue weighted by Gasteiger charge is -1.95. The van der Waals surface area contributed by atoms with Crippen molar-refractivity contribution in [1.82, 2.24) is 0 Å². The lowest BCUT2D eigenvalue weighted by atomic mass is 10.4. The molecule has 0 rings (SSSR count). The van der Waals surface area contributed by atoms with Crippen LogP contribution in [0.3, 0.4) is 0 Å². The zero-order valence-corrected chi connectivity index (χ0v) is 4.84. The smallest absolute Gasteiger partial charge is 0.317 e. The van der Waals surface area contributed by atoms with E-state index in [1.54, 1.807) is 0 Å². The first-order chi connectivity index (χ1) is 5.46. The van der Waals surface area contributed by atoms with Gasteiger partial charge in [0.2, 0.25) is 0 Å². The Balaban J connectivity index is 4.38. The number of carbonyl (C=O) groups is 2. The summed E-state index contributed by atoms with van der Waals surface area (Å²) in [7, 11) is 0. The maximum atomic E-state index is 10.7. The summed E-state index contributed by atoms with van der Waals surface area (Å²) >= 11 is 0. The standard InChI is InChI=1S/C5H8O4/c1-2-9-5(8)3-4(6)7/h2-3H2,1H3,(H,6,7)/i3D2/hD. The number of rotatable bonds is 3. The number of carboxylic acid groups (broad SMARTS) is 1. The Kier molecular flexibility index (Phi) is 1.67. The van der Waals surface area contributed by atoms with Crippen LogP contribution in [0.25, 0.3) is 1.43 Å². The number of aliphatic carboxylic acids is 1. The van der Waals surface area contributed by atoms with Crippen molar-refractivity contribution in [3.8, 4) is 0 Å². The second-order valence-corrected chi connectivity index (χ2v) is 1.13. The summed E-state index contributed by atoms with van der Waals surface area (Å²) in [5.74, 6) is -2.93. The fourth-order valence-corrected chi connectivity index (χ4v) is 0.251. The number of hydrogen-bond acceptors (Lipinski definition) is 4. The minimum absolute atomic E-state index is 0.0381. The molecule has 0 spiro atoms. The molecule has 9 heavy (non-hydrogen) atoms. The van der Waals surface area contributed by atoms with Crippen LogP contribution in [0.1, 0.15) is 16.0 Å². The van der Waals surface area contributed by atoms with Crippen LogP contribution in [0.15, 0.2) is 0 Å². The number of carbonyl (C=O) groups excluding carboxylic acids is 1. The van der Waals surface area contributed by atoms with Crippen LogP contribution in [-0.2, 0) is 14.3 Å². The monoisotopic (exact) mass is 135 g/mol. The van der Waals surface area contributed by atoms with E-state index in [2.05, 4.69) is 9.85 Å². The van der Waals surface area contributed by atoms with Gasteiger partial charge in [0.1, 0.15) is 6.37 Å². The van der Waals surface area contributed by atoms with Gasteiger partial charge in [0.25, 0.3) is 1.43 Å². The molecule has 0 heterocycles. The minimum atomic E-state index is -2.89. The van der Waals surface area contributed by atoms with E-state index in [1.807, 2.05) is 0 Å². The molecule has 0 aliphatic carbocycles. The summed E-state index contributed by atoms with van der Waals surface area (Å²) in [6.45, 7) is 1.43. The Bertz CT molecular complexity index is 191. The molecule has 0 saturated carbocycles. The topological polar surface area (TPSA) is 63.6 Å². The Morgan fingerprint density at radius 1 is 1.89 bits per heavy atom. The molecule has 4 heteroatoms. The van der Waals surface area contributed by atoms with Gasteiger partial charge in [-0.3, -0.25) is 9.59 Å². The maximum Gasteiger partial charge on any atom is 0.317 e. The van der Waals surface area contributed by atoms with Crippen molar-refractivity contribution in [3.05, 3.63) is 0 Å². The summed E-state index contributed by atoms with van der Waals surface area (Å²) in [4.78, 5) is 21.1. The molecule has 0 aliphatic heterocycles. The van der Waals surface area contributed by atoms with E-state index in [9.17, 15) is 9.59 Å². The highest BCUT2D eigenvalue weighted by atomic mass is 16.5. The van der Waals surface area contributed by atoms with E-state index >= 15 is 0 Å². The van der Waals surface area contributed by atoms with Crippen LogP contribution in [0.5, 0.6) is 0 Å². The molecule has 0 saturated heterocycles.